The van der Waals surface area contributed by atoms with Gasteiger partial charge >= 0.3 is 5.97 Å². The number of hydrogen-bond donors (Lipinski definition) is 1. The summed E-state index contributed by atoms with van der Waals surface area (Å²) in [6.07, 6.45) is 1.69. The lowest BCUT2D eigenvalue weighted by Gasteiger charge is -2.08. The van der Waals surface area contributed by atoms with Gasteiger partial charge in [-0.3, -0.25) is 4.79 Å². The largest absolute Gasteiger partial charge is 0.481 e. The number of hydrogen-bond acceptors (Lipinski definition) is 1. The summed E-state index contributed by atoms with van der Waals surface area (Å²) in [6.45, 7) is 1.83. The minimum Gasteiger partial charge on any atom is -0.481 e. The van der Waals surface area contributed by atoms with E-state index in [0.29, 0.717) is 5.88 Å². The fourth-order valence-corrected chi connectivity index (χ4v) is 1.39. The zero-order valence-corrected chi connectivity index (χ0v) is 9.24. The number of halogens is 1. The summed E-state index contributed by atoms with van der Waals surface area (Å²) in [6, 6.07) is 9.12. The molecule has 1 rings (SSSR count). The van der Waals surface area contributed by atoms with Crippen LogP contribution in [0.5, 0.6) is 0 Å². The lowest BCUT2D eigenvalue weighted by molar-refractivity contribution is -0.137. The lowest BCUT2D eigenvalue weighted by Crippen LogP contribution is -2.09. The zero-order valence-electron chi connectivity index (χ0n) is 8.48. The van der Waals surface area contributed by atoms with Crippen molar-refractivity contribution in [3.8, 4) is 0 Å². The number of carbonyl (C=O) groups is 1. The Kier molecular flexibility index (Phi) is 4.37. The van der Waals surface area contributed by atoms with Crippen LogP contribution in [0.1, 0.15) is 18.4 Å². The van der Waals surface area contributed by atoms with E-state index in [-0.39, 0.29) is 0 Å². The molecule has 1 N–H and O–H groups in total. The molecule has 0 amide bonds. The van der Waals surface area contributed by atoms with Gasteiger partial charge in [0.2, 0.25) is 0 Å². The molecule has 0 radical (unpaired) electrons. The summed E-state index contributed by atoms with van der Waals surface area (Å²) in [5.74, 6) is -1.10. The van der Waals surface area contributed by atoms with Gasteiger partial charge in [-0.1, -0.05) is 42.0 Å². The van der Waals surface area contributed by atoms with E-state index in [1.54, 1.807) is 18.2 Å². The molecule has 15 heavy (non-hydrogen) atoms. The molecule has 0 aliphatic heterocycles. The molecule has 1 unspecified atom stereocenters. The van der Waals surface area contributed by atoms with Crippen molar-refractivity contribution in [2.45, 2.75) is 12.8 Å². The first-order valence-corrected chi connectivity index (χ1v) is 5.19. The number of rotatable bonds is 4. The Labute approximate surface area is 94.2 Å². The molecule has 1 aromatic rings. The second-order valence-corrected chi connectivity index (χ2v) is 3.64. The van der Waals surface area contributed by atoms with Crippen molar-refractivity contribution in [1.29, 1.82) is 0 Å². The molecule has 0 aliphatic carbocycles. The number of allylic oxidation sites excluding steroid dienone is 1. The van der Waals surface area contributed by atoms with Crippen LogP contribution in [0.15, 0.2) is 42.0 Å². The molecule has 0 saturated heterocycles. The third-order valence-corrected chi connectivity index (χ3v) is 2.51. The summed E-state index contributed by atoms with van der Waals surface area (Å²) in [5, 5.41) is 9.08. The highest BCUT2D eigenvalue weighted by Crippen LogP contribution is 2.19. The normalized spacial score (nSPS) is 13.6. The molecule has 80 valence electrons. The molecular weight excluding hydrogens is 212 g/mol. The molecule has 0 aliphatic rings. The molecular formula is C12H13ClO2. The topological polar surface area (TPSA) is 37.3 Å². The maximum Gasteiger partial charge on any atom is 0.314 e. The van der Waals surface area contributed by atoms with Gasteiger partial charge in [-0.05, 0) is 12.5 Å². The van der Waals surface area contributed by atoms with Gasteiger partial charge in [0.25, 0.3) is 0 Å². The van der Waals surface area contributed by atoms with E-state index in [0.717, 1.165) is 11.1 Å². The fourth-order valence-electron chi connectivity index (χ4n) is 1.30. The second kappa shape index (κ2) is 5.56. The predicted molar refractivity (Wildman–Crippen MR) is 61.3 cm³/mol. The van der Waals surface area contributed by atoms with E-state index >= 15 is 0 Å². The average molecular weight is 225 g/mol. The molecule has 0 saturated carbocycles. The maximum atomic E-state index is 11.1. The van der Waals surface area contributed by atoms with Gasteiger partial charge in [-0.2, -0.15) is 0 Å². The van der Waals surface area contributed by atoms with Crippen LogP contribution >= 0.6 is 11.6 Å². The summed E-state index contributed by atoms with van der Waals surface area (Å²) in [5.41, 5.74) is 1.64. The highest BCUT2D eigenvalue weighted by Gasteiger charge is 2.16. The van der Waals surface area contributed by atoms with Gasteiger partial charge in [0.1, 0.15) is 5.92 Å². The molecule has 0 aromatic heterocycles. The van der Waals surface area contributed by atoms with Gasteiger partial charge in [-0.25, -0.2) is 0 Å². The third kappa shape index (κ3) is 3.40. The summed E-state index contributed by atoms with van der Waals surface area (Å²) < 4.78 is 0. The maximum absolute atomic E-state index is 11.1. The Hall–Kier alpha value is -1.28. The first-order valence-electron chi connectivity index (χ1n) is 4.66. The quantitative estimate of drug-likeness (QED) is 0.631. The average Bonchev–Trinajstić information content (AvgIpc) is 2.26. The highest BCUT2D eigenvalue weighted by atomic mass is 35.5. The highest BCUT2D eigenvalue weighted by molar-refractivity contribution is 6.19. The standard InChI is InChI=1S/C12H13ClO2/c1-9(8-13)7-11(12(14)15)10-5-3-2-4-6-10/h2-7,11H,8H2,1H3,(H,14,15). The molecule has 1 atom stereocenters. The Balaban J connectivity index is 2.99. The fraction of sp³-hybridized carbons (Fsp3) is 0.250. The molecule has 1 aromatic carbocycles. The molecule has 0 heterocycles. The first kappa shape index (κ1) is 11.8. The van der Waals surface area contributed by atoms with Crippen LogP contribution < -0.4 is 0 Å². The Morgan fingerprint density at radius 1 is 1.47 bits per heavy atom. The van der Waals surface area contributed by atoms with Crippen LogP contribution in [-0.4, -0.2) is 17.0 Å². The van der Waals surface area contributed by atoms with Crippen molar-refractivity contribution >= 4 is 17.6 Å². The number of carboxylic acids is 1. The Morgan fingerprint density at radius 2 is 2.07 bits per heavy atom. The second-order valence-electron chi connectivity index (χ2n) is 3.37. The monoisotopic (exact) mass is 224 g/mol. The van der Waals surface area contributed by atoms with Gasteiger partial charge < -0.3 is 5.11 Å². The van der Waals surface area contributed by atoms with E-state index in [1.807, 2.05) is 25.1 Å². The molecule has 0 bridgehead atoms. The zero-order chi connectivity index (χ0) is 11.3. The number of benzene rings is 1. The minimum atomic E-state index is -0.856. The van der Waals surface area contributed by atoms with Crippen molar-refractivity contribution < 1.29 is 9.90 Å². The lowest BCUT2D eigenvalue weighted by atomic mass is 9.97. The van der Waals surface area contributed by atoms with Crippen LogP contribution in [0.3, 0.4) is 0 Å². The van der Waals surface area contributed by atoms with E-state index in [9.17, 15) is 4.79 Å². The van der Waals surface area contributed by atoms with Crippen LogP contribution in [-0.2, 0) is 4.79 Å². The summed E-state index contributed by atoms with van der Waals surface area (Å²) >= 11 is 5.63. The smallest absolute Gasteiger partial charge is 0.314 e. The molecule has 3 heteroatoms. The van der Waals surface area contributed by atoms with Crippen molar-refractivity contribution in [1.82, 2.24) is 0 Å². The van der Waals surface area contributed by atoms with Crippen LogP contribution in [0.2, 0.25) is 0 Å². The summed E-state index contributed by atoms with van der Waals surface area (Å²) in [7, 11) is 0. The summed E-state index contributed by atoms with van der Waals surface area (Å²) in [4.78, 5) is 11.1. The van der Waals surface area contributed by atoms with Gasteiger partial charge in [0.15, 0.2) is 0 Å². The number of aliphatic carboxylic acids is 1. The third-order valence-electron chi connectivity index (χ3n) is 2.09. The minimum absolute atomic E-state index is 0.358. The molecule has 0 spiro atoms. The van der Waals surface area contributed by atoms with Gasteiger partial charge in [0.05, 0.1) is 0 Å². The Bertz CT molecular complexity index is 357. The molecule has 0 fully saturated rings. The number of alkyl halides is 1. The predicted octanol–water partition coefficient (Wildman–Crippen LogP) is 3.04. The van der Waals surface area contributed by atoms with Crippen LogP contribution in [0.4, 0.5) is 0 Å². The van der Waals surface area contributed by atoms with E-state index < -0.39 is 11.9 Å². The van der Waals surface area contributed by atoms with E-state index in [4.69, 9.17) is 16.7 Å². The van der Waals surface area contributed by atoms with E-state index in [2.05, 4.69) is 0 Å². The van der Waals surface area contributed by atoms with Crippen LogP contribution in [0.25, 0.3) is 0 Å². The molecule has 2 nitrogen and oxygen atoms in total. The van der Waals surface area contributed by atoms with Crippen molar-refractivity contribution in [2.75, 3.05) is 5.88 Å². The van der Waals surface area contributed by atoms with Gasteiger partial charge in [0, 0.05) is 5.88 Å². The Morgan fingerprint density at radius 3 is 2.53 bits per heavy atom. The SMILES string of the molecule is CC(=CC(C(=O)O)c1ccccc1)CCl. The first-order chi connectivity index (χ1) is 7.15. The van der Waals surface area contributed by atoms with Crippen molar-refractivity contribution in [3.05, 3.63) is 47.5 Å². The van der Waals surface area contributed by atoms with E-state index in [1.165, 1.54) is 0 Å². The van der Waals surface area contributed by atoms with Crippen molar-refractivity contribution in [3.63, 3.8) is 0 Å². The number of carboxylic acid groups (broad SMARTS) is 1. The van der Waals surface area contributed by atoms with Crippen molar-refractivity contribution in [2.24, 2.45) is 0 Å². The van der Waals surface area contributed by atoms with Crippen LogP contribution in [0, 0.1) is 0 Å². The van der Waals surface area contributed by atoms with Gasteiger partial charge in [-0.15, -0.1) is 11.6 Å².